The van der Waals surface area contributed by atoms with Crippen LogP contribution >= 0.6 is 0 Å². The average molecular weight is 282 g/mol. The van der Waals surface area contributed by atoms with Gasteiger partial charge in [0.2, 0.25) is 5.91 Å². The second kappa shape index (κ2) is 7.07. The third-order valence-corrected chi connectivity index (χ3v) is 4.42. The normalized spacial score (nSPS) is 26.4. The average Bonchev–Trinajstić information content (AvgIpc) is 2.65. The molecule has 0 bridgehead atoms. The van der Waals surface area contributed by atoms with E-state index in [1.165, 1.54) is 32.8 Å². The molecule has 1 amide bonds. The molecule has 0 saturated carbocycles. The van der Waals surface area contributed by atoms with Crippen LogP contribution in [0.3, 0.4) is 0 Å². The van der Waals surface area contributed by atoms with Crippen molar-refractivity contribution in [2.75, 3.05) is 26.7 Å². The zero-order valence-corrected chi connectivity index (χ0v) is 12.6. The molecule has 2 atom stereocenters. The molecule has 0 N–H and O–H groups in total. The largest absolute Gasteiger partial charge is 0.467 e. The molecule has 5 nitrogen and oxygen atoms in total. The lowest BCUT2D eigenvalue weighted by Crippen LogP contribution is -2.49. The molecule has 0 aromatic carbocycles. The monoisotopic (exact) mass is 282 g/mol. The van der Waals surface area contributed by atoms with Crippen LogP contribution in [0, 0.1) is 0 Å². The molecule has 2 aliphatic heterocycles. The number of likely N-dealkylation sites (tertiary alicyclic amines) is 2. The highest BCUT2D eigenvalue weighted by atomic mass is 16.5. The summed E-state index contributed by atoms with van der Waals surface area (Å²) < 4.78 is 4.83. The summed E-state index contributed by atoms with van der Waals surface area (Å²) in [6.45, 7) is 5.12. The fourth-order valence-corrected chi connectivity index (χ4v) is 3.40. The van der Waals surface area contributed by atoms with Crippen LogP contribution in [0.2, 0.25) is 0 Å². The Bertz CT molecular complexity index is 351. The van der Waals surface area contributed by atoms with E-state index in [0.29, 0.717) is 12.8 Å². The molecule has 20 heavy (non-hydrogen) atoms. The van der Waals surface area contributed by atoms with Crippen LogP contribution < -0.4 is 0 Å². The molecule has 2 heterocycles. The van der Waals surface area contributed by atoms with Crippen molar-refractivity contribution in [3.63, 3.8) is 0 Å². The van der Waals surface area contributed by atoms with Gasteiger partial charge < -0.3 is 14.5 Å². The first kappa shape index (κ1) is 15.3. The number of nitrogens with zero attached hydrogens (tertiary/aromatic N) is 2. The number of hydrogen-bond acceptors (Lipinski definition) is 4. The van der Waals surface area contributed by atoms with Gasteiger partial charge in [-0.1, -0.05) is 12.8 Å². The van der Waals surface area contributed by atoms with Crippen LogP contribution in [0.1, 0.15) is 45.4 Å². The standard InChI is InChI=1S/C15H26N2O3/c1-12(11-16-9-5-3-4-6-10-16)17-13(15(19)20-2)7-8-14(17)18/h12-13H,3-11H2,1-2H3. The van der Waals surface area contributed by atoms with Crippen molar-refractivity contribution in [2.45, 2.75) is 57.5 Å². The molecule has 2 rings (SSSR count). The Balaban J connectivity index is 1.96. The van der Waals surface area contributed by atoms with Gasteiger partial charge in [-0.15, -0.1) is 0 Å². The highest BCUT2D eigenvalue weighted by Crippen LogP contribution is 2.23. The van der Waals surface area contributed by atoms with E-state index in [4.69, 9.17) is 4.74 Å². The first-order valence-corrected chi connectivity index (χ1v) is 7.75. The quantitative estimate of drug-likeness (QED) is 0.732. The minimum Gasteiger partial charge on any atom is -0.467 e. The van der Waals surface area contributed by atoms with Crippen LogP contribution in [0.4, 0.5) is 0 Å². The first-order valence-electron chi connectivity index (χ1n) is 7.75. The summed E-state index contributed by atoms with van der Waals surface area (Å²) in [5, 5.41) is 0. The molecule has 0 aliphatic carbocycles. The maximum Gasteiger partial charge on any atom is 0.328 e. The lowest BCUT2D eigenvalue weighted by atomic mass is 10.2. The summed E-state index contributed by atoms with van der Waals surface area (Å²) in [6.07, 6.45) is 6.14. The molecular weight excluding hydrogens is 256 g/mol. The van der Waals surface area contributed by atoms with E-state index in [9.17, 15) is 9.59 Å². The highest BCUT2D eigenvalue weighted by Gasteiger charge is 2.39. The number of hydrogen-bond donors (Lipinski definition) is 0. The fraction of sp³-hybridized carbons (Fsp3) is 0.867. The maximum atomic E-state index is 12.1. The maximum absolute atomic E-state index is 12.1. The van der Waals surface area contributed by atoms with Crippen LogP contribution in [0.15, 0.2) is 0 Å². The van der Waals surface area contributed by atoms with Crippen molar-refractivity contribution in [1.82, 2.24) is 9.80 Å². The minimum absolute atomic E-state index is 0.0761. The number of esters is 1. The Kier molecular flexibility index (Phi) is 5.40. The van der Waals surface area contributed by atoms with Gasteiger partial charge in [0.15, 0.2) is 0 Å². The van der Waals surface area contributed by atoms with E-state index >= 15 is 0 Å². The summed E-state index contributed by atoms with van der Waals surface area (Å²) in [5.41, 5.74) is 0. The predicted octanol–water partition coefficient (Wildman–Crippen LogP) is 1.41. The third kappa shape index (κ3) is 3.51. The van der Waals surface area contributed by atoms with E-state index < -0.39 is 0 Å². The van der Waals surface area contributed by atoms with Crippen LogP contribution in [-0.2, 0) is 14.3 Å². The van der Waals surface area contributed by atoms with Gasteiger partial charge in [-0.2, -0.15) is 0 Å². The molecule has 0 radical (unpaired) electrons. The second-order valence-electron chi connectivity index (χ2n) is 5.94. The Hall–Kier alpha value is -1.10. The zero-order valence-electron chi connectivity index (χ0n) is 12.6. The Morgan fingerprint density at radius 3 is 2.55 bits per heavy atom. The number of amides is 1. The topological polar surface area (TPSA) is 49.9 Å². The van der Waals surface area contributed by atoms with Crippen molar-refractivity contribution in [3.8, 4) is 0 Å². The first-order chi connectivity index (χ1) is 9.63. The van der Waals surface area contributed by atoms with Gasteiger partial charge in [-0.3, -0.25) is 4.79 Å². The van der Waals surface area contributed by atoms with Gasteiger partial charge in [0, 0.05) is 19.0 Å². The van der Waals surface area contributed by atoms with Gasteiger partial charge in [-0.05, 0) is 39.3 Å². The van der Waals surface area contributed by atoms with Crippen molar-refractivity contribution >= 4 is 11.9 Å². The zero-order chi connectivity index (χ0) is 14.5. The fourth-order valence-electron chi connectivity index (χ4n) is 3.40. The lowest BCUT2D eigenvalue weighted by molar-refractivity contribution is -0.150. The molecule has 5 heteroatoms. The van der Waals surface area contributed by atoms with Gasteiger partial charge >= 0.3 is 5.97 Å². The van der Waals surface area contributed by atoms with Gasteiger partial charge in [0.25, 0.3) is 0 Å². The summed E-state index contributed by atoms with van der Waals surface area (Å²) in [4.78, 5) is 28.0. The van der Waals surface area contributed by atoms with Crippen LogP contribution in [0.25, 0.3) is 0 Å². The molecule has 114 valence electrons. The third-order valence-electron chi connectivity index (χ3n) is 4.42. The van der Waals surface area contributed by atoms with Gasteiger partial charge in [0.1, 0.15) is 6.04 Å². The molecule has 2 unspecified atom stereocenters. The minimum atomic E-state index is -0.380. The van der Waals surface area contributed by atoms with Crippen LogP contribution in [-0.4, -0.2) is 60.5 Å². The molecule has 0 aromatic heterocycles. The van der Waals surface area contributed by atoms with Gasteiger partial charge in [0.05, 0.1) is 7.11 Å². The summed E-state index contributed by atoms with van der Waals surface area (Å²) >= 11 is 0. The predicted molar refractivity (Wildman–Crippen MR) is 76.3 cm³/mol. The number of ether oxygens (including phenoxy) is 1. The van der Waals surface area contributed by atoms with Crippen LogP contribution in [0.5, 0.6) is 0 Å². The van der Waals surface area contributed by atoms with E-state index in [1.807, 2.05) is 6.92 Å². The van der Waals surface area contributed by atoms with Crippen molar-refractivity contribution in [2.24, 2.45) is 0 Å². The molecule has 0 spiro atoms. The van der Waals surface area contributed by atoms with Crippen molar-refractivity contribution in [3.05, 3.63) is 0 Å². The SMILES string of the molecule is COC(=O)C1CCC(=O)N1C(C)CN1CCCCCC1. The number of carbonyl (C=O) groups excluding carboxylic acids is 2. The smallest absolute Gasteiger partial charge is 0.328 e. The molecule has 2 aliphatic rings. The van der Waals surface area contributed by atoms with Crippen molar-refractivity contribution in [1.29, 1.82) is 0 Å². The van der Waals surface area contributed by atoms with E-state index in [0.717, 1.165) is 19.6 Å². The van der Waals surface area contributed by atoms with Gasteiger partial charge in [-0.25, -0.2) is 4.79 Å². The Morgan fingerprint density at radius 2 is 1.95 bits per heavy atom. The lowest BCUT2D eigenvalue weighted by Gasteiger charge is -2.33. The molecule has 0 aromatic rings. The molecule has 2 saturated heterocycles. The molecular formula is C15H26N2O3. The Labute approximate surface area is 121 Å². The number of rotatable bonds is 4. The van der Waals surface area contributed by atoms with E-state index in [2.05, 4.69) is 4.90 Å². The van der Waals surface area contributed by atoms with E-state index in [1.54, 1.807) is 4.90 Å². The molecule has 2 fully saturated rings. The highest BCUT2D eigenvalue weighted by molar-refractivity contribution is 5.88. The Morgan fingerprint density at radius 1 is 1.30 bits per heavy atom. The summed E-state index contributed by atoms with van der Waals surface area (Å²) in [7, 11) is 1.39. The second-order valence-corrected chi connectivity index (χ2v) is 5.94. The number of carbonyl (C=O) groups is 2. The summed E-state index contributed by atoms with van der Waals surface area (Å²) in [5.74, 6) is -0.193. The van der Waals surface area contributed by atoms with Crippen molar-refractivity contribution < 1.29 is 14.3 Å². The summed E-state index contributed by atoms with van der Waals surface area (Å²) in [6, 6.07) is -0.304. The number of methoxy groups -OCH3 is 1. The van der Waals surface area contributed by atoms with E-state index in [-0.39, 0.29) is 24.0 Å².